The van der Waals surface area contributed by atoms with E-state index >= 15 is 0 Å². The number of nitrogens with one attached hydrogen (secondary N) is 1. The highest BCUT2D eigenvalue weighted by atomic mass is 35.5. The number of fused-ring (bicyclic) bond motifs is 1. The number of carbonyl (C=O) groups is 2. The van der Waals surface area contributed by atoms with Gasteiger partial charge < -0.3 is 10.2 Å². The summed E-state index contributed by atoms with van der Waals surface area (Å²) < 4.78 is 0. The Kier molecular flexibility index (Phi) is 6.87. The second-order valence-electron chi connectivity index (χ2n) is 7.99. The maximum absolute atomic E-state index is 13.6. The van der Waals surface area contributed by atoms with E-state index in [0.29, 0.717) is 18.1 Å². The number of carbonyl (C=O) groups excluding carboxylic acids is 2. The molecule has 0 bridgehead atoms. The zero-order valence-electron chi connectivity index (χ0n) is 18.0. The Morgan fingerprint density at radius 1 is 1.06 bits per heavy atom. The van der Waals surface area contributed by atoms with E-state index in [1.165, 1.54) is 11.8 Å². The van der Waals surface area contributed by atoms with E-state index < -0.39 is 11.2 Å². The van der Waals surface area contributed by atoms with Crippen molar-refractivity contribution in [3.63, 3.8) is 0 Å². The third-order valence-corrected chi connectivity index (χ3v) is 7.47. The number of amides is 2. The van der Waals surface area contributed by atoms with Crippen molar-refractivity contribution in [3.05, 3.63) is 94.5 Å². The molecule has 6 heteroatoms. The minimum Gasteiger partial charge on any atom is -0.352 e. The summed E-state index contributed by atoms with van der Waals surface area (Å²) in [6.45, 7) is 4.76. The first-order valence-electron chi connectivity index (χ1n) is 10.6. The predicted octanol–water partition coefficient (Wildman–Crippen LogP) is 5.61. The van der Waals surface area contributed by atoms with Gasteiger partial charge in [-0.15, -0.1) is 11.8 Å². The van der Waals surface area contributed by atoms with E-state index in [1.54, 1.807) is 12.1 Å². The maximum atomic E-state index is 13.6. The van der Waals surface area contributed by atoms with E-state index in [0.717, 1.165) is 27.3 Å². The summed E-state index contributed by atoms with van der Waals surface area (Å²) in [5.41, 5.74) is 4.10. The number of nitrogens with zero attached hydrogens (tertiary/aromatic N) is 1. The molecule has 3 aromatic rings. The van der Waals surface area contributed by atoms with Gasteiger partial charge in [0.15, 0.2) is 0 Å². The lowest BCUT2D eigenvalue weighted by Crippen LogP contribution is -2.47. The molecule has 1 aliphatic rings. The smallest absolute Gasteiger partial charge is 0.241 e. The molecule has 4 nitrogen and oxygen atoms in total. The van der Waals surface area contributed by atoms with Crippen LogP contribution in [-0.2, 0) is 22.7 Å². The number of rotatable bonds is 6. The Labute approximate surface area is 198 Å². The van der Waals surface area contributed by atoms with E-state index in [-0.39, 0.29) is 11.8 Å². The van der Waals surface area contributed by atoms with E-state index in [9.17, 15) is 9.59 Å². The van der Waals surface area contributed by atoms with Gasteiger partial charge in [0.25, 0.3) is 0 Å². The molecule has 0 saturated carbocycles. The van der Waals surface area contributed by atoms with Crippen molar-refractivity contribution in [1.29, 1.82) is 0 Å². The topological polar surface area (TPSA) is 49.4 Å². The van der Waals surface area contributed by atoms with Gasteiger partial charge in [-0.2, -0.15) is 0 Å². The van der Waals surface area contributed by atoms with Gasteiger partial charge in [-0.3, -0.25) is 9.59 Å². The van der Waals surface area contributed by atoms with Crippen LogP contribution in [0, 0.1) is 12.8 Å². The molecule has 1 aliphatic heterocycles. The van der Waals surface area contributed by atoms with Crippen molar-refractivity contribution in [2.45, 2.75) is 37.1 Å². The van der Waals surface area contributed by atoms with Crippen molar-refractivity contribution >= 4 is 40.9 Å². The Hall–Kier alpha value is -2.76. The molecule has 1 heterocycles. The van der Waals surface area contributed by atoms with Gasteiger partial charge in [-0.1, -0.05) is 67.1 Å². The van der Waals surface area contributed by atoms with E-state index in [1.807, 2.05) is 66.4 Å². The van der Waals surface area contributed by atoms with Gasteiger partial charge in [0.1, 0.15) is 5.25 Å². The van der Waals surface area contributed by atoms with Gasteiger partial charge in [-0.05, 0) is 47.9 Å². The molecule has 4 rings (SSSR count). The van der Waals surface area contributed by atoms with Crippen LogP contribution in [0.3, 0.4) is 0 Å². The fourth-order valence-electron chi connectivity index (χ4n) is 3.77. The quantitative estimate of drug-likeness (QED) is 0.516. The molecule has 2 atom stereocenters. The SMILES string of the molecule is Cc1ccccc1CN1C(=O)[C@H]([C@@H](C)C(=O)NCc2ccc(Cl)cc2)Sc2ccccc21. The molecule has 0 saturated heterocycles. The summed E-state index contributed by atoms with van der Waals surface area (Å²) in [6, 6.07) is 23.3. The fraction of sp³-hybridized carbons (Fsp3) is 0.231. The first-order valence-corrected chi connectivity index (χ1v) is 11.8. The molecular weight excluding hydrogens is 440 g/mol. The summed E-state index contributed by atoms with van der Waals surface area (Å²) >= 11 is 7.41. The van der Waals surface area contributed by atoms with Crippen LogP contribution in [0.5, 0.6) is 0 Å². The molecule has 0 radical (unpaired) electrons. The van der Waals surface area contributed by atoms with Gasteiger partial charge in [-0.25, -0.2) is 0 Å². The highest BCUT2D eigenvalue weighted by molar-refractivity contribution is 8.01. The second kappa shape index (κ2) is 9.80. The molecule has 1 N–H and O–H groups in total. The molecule has 3 aromatic carbocycles. The monoisotopic (exact) mass is 464 g/mol. The zero-order valence-corrected chi connectivity index (χ0v) is 19.6. The molecular formula is C26H25ClN2O2S. The fourth-order valence-corrected chi connectivity index (χ4v) is 5.18. The maximum Gasteiger partial charge on any atom is 0.241 e. The largest absolute Gasteiger partial charge is 0.352 e. The number of benzene rings is 3. The summed E-state index contributed by atoms with van der Waals surface area (Å²) in [5.74, 6) is -0.653. The number of thioether (sulfide) groups is 1. The van der Waals surface area contributed by atoms with Crippen LogP contribution < -0.4 is 10.2 Å². The Bertz CT molecular complexity index is 1130. The molecule has 0 aromatic heterocycles. The normalized spacial score (nSPS) is 16.4. The summed E-state index contributed by atoms with van der Waals surface area (Å²) in [6.07, 6.45) is 0. The van der Waals surface area contributed by atoms with Gasteiger partial charge >= 0.3 is 0 Å². The van der Waals surface area contributed by atoms with Crippen LogP contribution in [0.4, 0.5) is 5.69 Å². The lowest BCUT2D eigenvalue weighted by atomic mass is 10.0. The molecule has 0 fully saturated rings. The van der Waals surface area contributed by atoms with Crippen molar-refractivity contribution in [2.24, 2.45) is 5.92 Å². The average Bonchev–Trinajstić information content (AvgIpc) is 2.81. The van der Waals surface area contributed by atoms with Crippen LogP contribution in [0.15, 0.2) is 77.7 Å². The third kappa shape index (κ3) is 4.84. The highest BCUT2D eigenvalue weighted by Gasteiger charge is 2.39. The van der Waals surface area contributed by atoms with Crippen LogP contribution in [0.2, 0.25) is 5.02 Å². The number of hydrogen-bond donors (Lipinski definition) is 1. The molecule has 0 aliphatic carbocycles. The van der Waals surface area contributed by atoms with E-state index in [2.05, 4.69) is 18.3 Å². The van der Waals surface area contributed by atoms with Crippen molar-refractivity contribution in [2.75, 3.05) is 4.90 Å². The second-order valence-corrected chi connectivity index (χ2v) is 9.61. The van der Waals surface area contributed by atoms with Gasteiger partial charge in [0, 0.05) is 16.5 Å². The average molecular weight is 465 g/mol. The first-order chi connectivity index (χ1) is 15.4. The lowest BCUT2D eigenvalue weighted by Gasteiger charge is -2.36. The van der Waals surface area contributed by atoms with Crippen molar-refractivity contribution in [3.8, 4) is 0 Å². The summed E-state index contributed by atoms with van der Waals surface area (Å²) in [4.78, 5) is 29.3. The predicted molar refractivity (Wildman–Crippen MR) is 131 cm³/mol. The van der Waals surface area contributed by atoms with Crippen LogP contribution in [0.1, 0.15) is 23.6 Å². The minimum atomic E-state index is -0.487. The number of hydrogen-bond acceptors (Lipinski definition) is 3. The minimum absolute atomic E-state index is 0.0360. The van der Waals surface area contributed by atoms with Crippen LogP contribution >= 0.6 is 23.4 Å². The summed E-state index contributed by atoms with van der Waals surface area (Å²) in [7, 11) is 0. The third-order valence-electron chi connectivity index (χ3n) is 5.76. The van der Waals surface area contributed by atoms with Crippen LogP contribution in [0.25, 0.3) is 0 Å². The van der Waals surface area contributed by atoms with Crippen molar-refractivity contribution in [1.82, 2.24) is 5.32 Å². The standard InChI is InChI=1S/C26H25ClN2O2S/c1-17-7-3-4-8-20(17)16-29-22-9-5-6-10-23(22)32-24(26(29)31)18(2)25(30)28-15-19-11-13-21(27)14-12-19/h3-14,18,24H,15-16H2,1-2H3,(H,28,30)/t18-,24+/m1/s1. The summed E-state index contributed by atoms with van der Waals surface area (Å²) in [5, 5.41) is 3.14. The molecule has 0 spiro atoms. The molecule has 2 amide bonds. The highest BCUT2D eigenvalue weighted by Crippen LogP contribution is 2.42. The Morgan fingerprint density at radius 3 is 2.50 bits per heavy atom. The van der Waals surface area contributed by atoms with Gasteiger partial charge in [0.05, 0.1) is 18.2 Å². The Balaban J connectivity index is 1.53. The molecule has 32 heavy (non-hydrogen) atoms. The van der Waals surface area contributed by atoms with E-state index in [4.69, 9.17) is 11.6 Å². The lowest BCUT2D eigenvalue weighted by molar-refractivity contribution is -0.128. The number of anilines is 1. The molecule has 0 unspecified atom stereocenters. The zero-order chi connectivity index (χ0) is 22.7. The first kappa shape index (κ1) is 22.4. The number of halogens is 1. The number of aryl methyl sites for hydroxylation is 1. The molecule has 164 valence electrons. The Morgan fingerprint density at radius 2 is 1.75 bits per heavy atom. The van der Waals surface area contributed by atoms with Crippen LogP contribution in [-0.4, -0.2) is 17.1 Å². The van der Waals surface area contributed by atoms with Crippen molar-refractivity contribution < 1.29 is 9.59 Å². The number of para-hydroxylation sites is 1. The van der Waals surface area contributed by atoms with Gasteiger partial charge in [0.2, 0.25) is 11.8 Å².